The van der Waals surface area contributed by atoms with Crippen molar-refractivity contribution in [3.63, 3.8) is 0 Å². The fraction of sp³-hybridized carbons (Fsp3) is 0.0714. The molecule has 2 aromatic rings. The lowest BCUT2D eigenvalue weighted by Crippen LogP contribution is -1.95. The van der Waals surface area contributed by atoms with Gasteiger partial charge in [0.05, 0.1) is 12.2 Å². The maximum absolute atomic E-state index is 13.5. The first-order valence-electron chi connectivity index (χ1n) is 5.40. The molecular formula is C14H10FNO. The van der Waals surface area contributed by atoms with E-state index in [9.17, 15) is 9.18 Å². The fourth-order valence-corrected chi connectivity index (χ4v) is 2.07. The van der Waals surface area contributed by atoms with Crippen molar-refractivity contribution in [3.8, 4) is 0 Å². The van der Waals surface area contributed by atoms with Gasteiger partial charge in [0.1, 0.15) is 5.82 Å². The van der Waals surface area contributed by atoms with Gasteiger partial charge in [-0.1, -0.05) is 18.2 Å². The molecule has 3 rings (SSSR count). The summed E-state index contributed by atoms with van der Waals surface area (Å²) in [7, 11) is 0. The van der Waals surface area contributed by atoms with E-state index < -0.39 is 0 Å². The van der Waals surface area contributed by atoms with Crippen LogP contribution in [0.3, 0.4) is 0 Å². The summed E-state index contributed by atoms with van der Waals surface area (Å²) in [6, 6.07) is 10.1. The van der Waals surface area contributed by atoms with Crippen LogP contribution >= 0.6 is 0 Å². The maximum Gasteiger partial charge on any atom is 0.207 e. The van der Waals surface area contributed by atoms with Crippen LogP contribution in [0.2, 0.25) is 0 Å². The van der Waals surface area contributed by atoms with Gasteiger partial charge in [0.25, 0.3) is 0 Å². The Bertz CT molecular complexity index is 625. The van der Waals surface area contributed by atoms with E-state index in [1.165, 1.54) is 6.07 Å². The van der Waals surface area contributed by atoms with Crippen LogP contribution in [0.5, 0.6) is 0 Å². The third-order valence-corrected chi connectivity index (χ3v) is 2.93. The molecule has 3 heteroatoms. The highest BCUT2D eigenvalue weighted by atomic mass is 19.1. The molecule has 2 heterocycles. The van der Waals surface area contributed by atoms with Crippen LogP contribution < -0.4 is 0 Å². The molecule has 0 amide bonds. The molecule has 17 heavy (non-hydrogen) atoms. The second-order valence-electron chi connectivity index (χ2n) is 4.04. The van der Waals surface area contributed by atoms with Gasteiger partial charge in [0, 0.05) is 17.3 Å². The van der Waals surface area contributed by atoms with Gasteiger partial charge in [-0.05, 0) is 24.3 Å². The molecule has 0 saturated carbocycles. The molecule has 84 valence electrons. The number of rotatable bonds is 1. The molecule has 0 N–H and O–H groups in total. The summed E-state index contributed by atoms with van der Waals surface area (Å²) >= 11 is 0. The van der Waals surface area contributed by atoms with Gasteiger partial charge in [-0.15, -0.1) is 0 Å². The number of hydrogen-bond acceptors (Lipinski definition) is 1. The number of Topliss-reactive ketones (excluding diaryl/α,β-unsaturated/α-hetero) is 1. The van der Waals surface area contributed by atoms with Gasteiger partial charge in [-0.3, -0.25) is 4.79 Å². The Labute approximate surface area is 98.0 Å². The summed E-state index contributed by atoms with van der Waals surface area (Å²) in [4.78, 5) is 12.0. The molecule has 0 atom stereocenters. The normalized spacial score (nSPS) is 16.5. The zero-order valence-corrected chi connectivity index (χ0v) is 9.06. The summed E-state index contributed by atoms with van der Waals surface area (Å²) in [5.41, 5.74) is 1.76. The highest BCUT2D eigenvalue weighted by Gasteiger charge is 2.23. The van der Waals surface area contributed by atoms with Crippen LogP contribution in [0.1, 0.15) is 16.1 Å². The fourth-order valence-electron chi connectivity index (χ4n) is 2.07. The van der Waals surface area contributed by atoms with Crippen molar-refractivity contribution in [2.75, 3.05) is 0 Å². The Kier molecular flexibility index (Phi) is 2.18. The average molecular weight is 227 g/mol. The quantitative estimate of drug-likeness (QED) is 0.686. The van der Waals surface area contributed by atoms with Crippen molar-refractivity contribution in [2.24, 2.45) is 0 Å². The molecule has 1 aliphatic rings. The minimum absolute atomic E-state index is 0.0155. The Morgan fingerprint density at radius 2 is 2.00 bits per heavy atom. The summed E-state index contributed by atoms with van der Waals surface area (Å²) in [5.74, 6) is -0.317. The molecule has 0 unspecified atom stereocenters. The van der Waals surface area contributed by atoms with Crippen molar-refractivity contribution in [3.05, 3.63) is 65.2 Å². The predicted molar refractivity (Wildman–Crippen MR) is 63.1 cm³/mol. The molecule has 0 fully saturated rings. The van der Waals surface area contributed by atoms with Crippen molar-refractivity contribution < 1.29 is 9.18 Å². The maximum atomic E-state index is 13.5. The second-order valence-corrected chi connectivity index (χ2v) is 4.04. The first-order valence-corrected chi connectivity index (χ1v) is 5.40. The summed E-state index contributed by atoms with van der Waals surface area (Å²) in [5, 5.41) is 0. The van der Waals surface area contributed by atoms with E-state index >= 15 is 0 Å². The molecular weight excluding hydrogens is 217 g/mol. The van der Waals surface area contributed by atoms with Crippen molar-refractivity contribution in [1.82, 2.24) is 4.57 Å². The Balaban J connectivity index is 2.01. The Morgan fingerprint density at radius 3 is 2.76 bits per heavy atom. The molecule has 0 aliphatic carbocycles. The number of benzene rings is 1. The van der Waals surface area contributed by atoms with Crippen molar-refractivity contribution in [2.45, 2.75) is 6.54 Å². The highest BCUT2D eigenvalue weighted by Crippen LogP contribution is 2.23. The van der Waals surface area contributed by atoms with Crippen LogP contribution in [0.25, 0.3) is 6.08 Å². The van der Waals surface area contributed by atoms with Crippen LogP contribution in [0.15, 0.2) is 48.2 Å². The van der Waals surface area contributed by atoms with Gasteiger partial charge in [-0.2, -0.15) is 0 Å². The van der Waals surface area contributed by atoms with Gasteiger partial charge in [0.15, 0.2) is 0 Å². The lowest BCUT2D eigenvalue weighted by atomic mass is 10.1. The average Bonchev–Trinajstić information content (AvgIpc) is 2.87. The number of carbonyl (C=O) groups excluding carboxylic acids is 1. The van der Waals surface area contributed by atoms with E-state index in [0.29, 0.717) is 23.4 Å². The molecule has 1 aromatic heterocycles. The summed E-state index contributed by atoms with van der Waals surface area (Å²) in [6.45, 7) is 0.523. The molecule has 0 radical (unpaired) electrons. The van der Waals surface area contributed by atoms with E-state index in [1.54, 1.807) is 30.3 Å². The number of hydrogen-bond donors (Lipinski definition) is 0. The van der Waals surface area contributed by atoms with Crippen LogP contribution in [-0.2, 0) is 6.54 Å². The summed E-state index contributed by atoms with van der Waals surface area (Å²) < 4.78 is 15.3. The standard InChI is InChI=1S/C14H10FNO/c15-12-5-2-1-4-10(12)8-11-9-16-7-3-6-13(16)14(11)17/h1-8H,9H2/b11-8+. The van der Waals surface area contributed by atoms with Crippen molar-refractivity contribution in [1.29, 1.82) is 0 Å². The minimum Gasteiger partial charge on any atom is -0.340 e. The predicted octanol–water partition coefficient (Wildman–Crippen LogP) is 2.91. The number of fused-ring (bicyclic) bond motifs is 1. The van der Waals surface area contributed by atoms with Crippen LogP contribution in [0.4, 0.5) is 4.39 Å². The van der Waals surface area contributed by atoms with Crippen LogP contribution in [0, 0.1) is 5.82 Å². The molecule has 1 aromatic carbocycles. The monoisotopic (exact) mass is 227 g/mol. The van der Waals surface area contributed by atoms with E-state index in [1.807, 2.05) is 16.8 Å². The number of aromatic nitrogens is 1. The Hall–Kier alpha value is -2.16. The van der Waals surface area contributed by atoms with E-state index in [-0.39, 0.29) is 11.6 Å². The van der Waals surface area contributed by atoms with Gasteiger partial charge < -0.3 is 4.57 Å². The number of halogens is 1. The highest BCUT2D eigenvalue weighted by molar-refractivity contribution is 6.12. The molecule has 1 aliphatic heterocycles. The van der Waals surface area contributed by atoms with E-state index in [2.05, 4.69) is 0 Å². The van der Waals surface area contributed by atoms with Gasteiger partial charge in [-0.25, -0.2) is 4.39 Å². The van der Waals surface area contributed by atoms with E-state index in [0.717, 1.165) is 0 Å². The first-order chi connectivity index (χ1) is 8.25. The lowest BCUT2D eigenvalue weighted by Gasteiger charge is -1.98. The smallest absolute Gasteiger partial charge is 0.207 e. The minimum atomic E-state index is -0.301. The third kappa shape index (κ3) is 1.60. The summed E-state index contributed by atoms with van der Waals surface area (Å²) in [6.07, 6.45) is 3.49. The zero-order chi connectivity index (χ0) is 11.8. The lowest BCUT2D eigenvalue weighted by molar-refractivity contribution is 0.103. The largest absolute Gasteiger partial charge is 0.340 e. The van der Waals surface area contributed by atoms with Gasteiger partial charge >= 0.3 is 0 Å². The zero-order valence-electron chi connectivity index (χ0n) is 9.06. The Morgan fingerprint density at radius 1 is 1.18 bits per heavy atom. The molecule has 0 saturated heterocycles. The number of ketones is 1. The van der Waals surface area contributed by atoms with Crippen molar-refractivity contribution >= 4 is 11.9 Å². The molecule has 0 spiro atoms. The van der Waals surface area contributed by atoms with Crippen LogP contribution in [-0.4, -0.2) is 10.4 Å². The number of allylic oxidation sites excluding steroid dienone is 1. The van der Waals surface area contributed by atoms with Gasteiger partial charge in [0.2, 0.25) is 5.78 Å². The first kappa shape index (κ1) is 10.0. The number of carbonyl (C=O) groups is 1. The third-order valence-electron chi connectivity index (χ3n) is 2.93. The number of nitrogens with zero attached hydrogens (tertiary/aromatic N) is 1. The molecule has 0 bridgehead atoms. The SMILES string of the molecule is O=C1/C(=C/c2ccccc2F)Cn2cccc21. The molecule has 2 nitrogen and oxygen atoms in total. The topological polar surface area (TPSA) is 22.0 Å². The van der Waals surface area contributed by atoms with E-state index in [4.69, 9.17) is 0 Å². The second kappa shape index (κ2) is 3.70.